The molecule has 0 amide bonds. The maximum Gasteiger partial charge on any atom is 0.254 e. The molecule has 0 heterocycles. The summed E-state index contributed by atoms with van der Waals surface area (Å²) in [6.07, 6.45) is 0.695. The van der Waals surface area contributed by atoms with Crippen LogP contribution in [0.2, 0.25) is 0 Å². The Labute approximate surface area is 57.7 Å². The van der Waals surface area contributed by atoms with Crippen LogP contribution >= 0.6 is 0 Å². The van der Waals surface area contributed by atoms with Crippen molar-refractivity contribution in [3.05, 3.63) is 34.7 Å². The van der Waals surface area contributed by atoms with Gasteiger partial charge in [-0.05, 0) is 0 Å². The smallest absolute Gasteiger partial charge is 0.254 e. The second-order valence-electron chi connectivity index (χ2n) is 1.85. The summed E-state index contributed by atoms with van der Waals surface area (Å²) in [5, 5.41) is 1.69. The third kappa shape index (κ3) is 1.25. The van der Waals surface area contributed by atoms with E-state index < -0.39 is 0 Å². The van der Waals surface area contributed by atoms with E-state index >= 15 is 0 Å². The first-order valence-electron chi connectivity index (χ1n) is 2.80. The monoisotopic (exact) mass is 136 g/mol. The van der Waals surface area contributed by atoms with Gasteiger partial charge >= 0.3 is 0 Å². The topological polar surface area (TPSA) is 48.1 Å². The molecule has 50 valence electrons. The van der Waals surface area contributed by atoms with Gasteiger partial charge < -0.3 is 0 Å². The molecule has 0 spiro atoms. The quantitative estimate of drug-likeness (QED) is 0.581. The average Bonchev–Trinajstić information content (AvgIpc) is 2.05. The molecule has 0 atom stereocenters. The fraction of sp³-hybridized carbons (Fsp3) is 0. The second-order valence-corrected chi connectivity index (χ2v) is 1.85. The Morgan fingerprint density at radius 2 is 2.20 bits per heavy atom. The van der Waals surface area contributed by atoms with Crippen LogP contribution in [-0.4, -0.2) is 6.29 Å². The van der Waals surface area contributed by atoms with Gasteiger partial charge in [-0.3, -0.25) is 4.79 Å². The lowest BCUT2D eigenvalue weighted by molar-refractivity contribution is -0.379. The summed E-state index contributed by atoms with van der Waals surface area (Å²) in [5.41, 5.74) is 0.908. The lowest BCUT2D eigenvalue weighted by atomic mass is 10.2. The number of benzene rings is 1. The average molecular weight is 136 g/mol. The van der Waals surface area contributed by atoms with Crippen molar-refractivity contribution in [2.75, 3.05) is 0 Å². The minimum absolute atomic E-state index is 0.407. The lowest BCUT2D eigenvalue weighted by Crippen LogP contribution is -2.55. The highest BCUT2D eigenvalue weighted by atomic mass is 16.3. The Hall–Kier alpha value is -1.51. The van der Waals surface area contributed by atoms with E-state index in [0.717, 1.165) is 0 Å². The molecule has 1 aromatic rings. The standard InChI is InChI=1S/C7H5NO2/c9-5-6-2-1-3-7(4-6)8-10/h1-5H/p+1. The molecule has 0 saturated carbocycles. The zero-order chi connectivity index (χ0) is 7.40. The Morgan fingerprint density at radius 3 is 2.80 bits per heavy atom. The van der Waals surface area contributed by atoms with Gasteiger partial charge in [-0.1, -0.05) is 12.1 Å². The van der Waals surface area contributed by atoms with Crippen molar-refractivity contribution in [1.82, 2.24) is 0 Å². The molecule has 0 aliphatic heterocycles. The van der Waals surface area contributed by atoms with Gasteiger partial charge in [-0.2, -0.15) is 0 Å². The van der Waals surface area contributed by atoms with Gasteiger partial charge in [0.1, 0.15) is 6.29 Å². The van der Waals surface area contributed by atoms with Crippen LogP contribution in [0.5, 0.6) is 0 Å². The molecule has 0 fully saturated rings. The highest BCUT2D eigenvalue weighted by Crippen LogP contribution is 2.01. The van der Waals surface area contributed by atoms with Crippen LogP contribution in [0.1, 0.15) is 10.4 Å². The summed E-state index contributed by atoms with van der Waals surface area (Å²) >= 11 is 0. The van der Waals surface area contributed by atoms with Gasteiger partial charge in [0.25, 0.3) is 5.69 Å². The molecule has 0 radical (unpaired) electrons. The number of carbonyl (C=O) groups is 1. The number of carbonyl (C=O) groups excluding carboxylic acids is 1. The molecule has 0 aromatic heterocycles. The van der Waals surface area contributed by atoms with E-state index in [1.165, 1.54) is 6.07 Å². The van der Waals surface area contributed by atoms with Crippen LogP contribution < -0.4 is 5.18 Å². The maximum atomic E-state index is 10.1. The maximum absolute atomic E-state index is 10.1. The van der Waals surface area contributed by atoms with Crippen LogP contribution in [0.15, 0.2) is 24.3 Å². The Morgan fingerprint density at radius 1 is 1.40 bits per heavy atom. The number of aldehydes is 1. The van der Waals surface area contributed by atoms with E-state index in [4.69, 9.17) is 0 Å². The summed E-state index contributed by atoms with van der Waals surface area (Å²) in [7, 11) is 0. The molecule has 3 heteroatoms. The number of hydrogen-bond donors (Lipinski definition) is 1. The molecule has 0 saturated heterocycles. The first kappa shape index (κ1) is 6.61. The van der Waals surface area contributed by atoms with Crippen molar-refractivity contribution < 1.29 is 9.97 Å². The normalized spacial score (nSPS) is 8.80. The Balaban J connectivity index is 3.09. The van der Waals surface area contributed by atoms with Crippen LogP contribution in [0.25, 0.3) is 0 Å². The van der Waals surface area contributed by atoms with Crippen molar-refractivity contribution in [2.45, 2.75) is 0 Å². The van der Waals surface area contributed by atoms with Gasteiger partial charge in [0, 0.05) is 27.8 Å². The number of hydrogen-bond acceptors (Lipinski definition) is 2. The van der Waals surface area contributed by atoms with Crippen LogP contribution in [-0.2, 0) is 0 Å². The summed E-state index contributed by atoms with van der Waals surface area (Å²) < 4.78 is 0. The highest BCUT2D eigenvalue weighted by Gasteiger charge is 1.96. The number of nitrogens with one attached hydrogen (secondary N) is 1. The minimum Gasteiger partial charge on any atom is -0.298 e. The minimum atomic E-state index is 0.407. The van der Waals surface area contributed by atoms with Crippen molar-refractivity contribution >= 4 is 12.0 Å². The fourth-order valence-electron chi connectivity index (χ4n) is 0.675. The predicted octanol–water partition coefficient (Wildman–Crippen LogP) is -0.0224. The van der Waals surface area contributed by atoms with Gasteiger partial charge in [0.2, 0.25) is 0 Å². The van der Waals surface area contributed by atoms with E-state index in [-0.39, 0.29) is 0 Å². The molecule has 0 bridgehead atoms. The second kappa shape index (κ2) is 2.87. The summed E-state index contributed by atoms with van der Waals surface area (Å²) in [6.45, 7) is 0. The zero-order valence-corrected chi connectivity index (χ0v) is 5.20. The molecule has 1 rings (SSSR count). The van der Waals surface area contributed by atoms with E-state index in [1.54, 1.807) is 23.4 Å². The summed E-state index contributed by atoms with van der Waals surface area (Å²) in [5.74, 6) is 0. The number of rotatable bonds is 2. The Kier molecular flexibility index (Phi) is 1.89. The molecule has 10 heavy (non-hydrogen) atoms. The van der Waals surface area contributed by atoms with E-state index in [2.05, 4.69) is 0 Å². The van der Waals surface area contributed by atoms with Crippen LogP contribution in [0.4, 0.5) is 5.69 Å². The molecule has 1 N–H and O–H groups in total. The van der Waals surface area contributed by atoms with Crippen molar-refractivity contribution in [1.29, 1.82) is 0 Å². The van der Waals surface area contributed by atoms with E-state index in [1.807, 2.05) is 0 Å². The summed E-state index contributed by atoms with van der Waals surface area (Å²) in [4.78, 5) is 20.2. The van der Waals surface area contributed by atoms with Gasteiger partial charge in [0.05, 0.1) is 0 Å². The van der Waals surface area contributed by atoms with Crippen molar-refractivity contribution in [3.63, 3.8) is 0 Å². The van der Waals surface area contributed by atoms with Crippen LogP contribution in [0, 0.1) is 4.91 Å². The van der Waals surface area contributed by atoms with Crippen molar-refractivity contribution in [2.24, 2.45) is 0 Å². The molecule has 3 nitrogen and oxygen atoms in total. The molecular weight excluding hydrogens is 130 g/mol. The molecule has 0 aliphatic carbocycles. The van der Waals surface area contributed by atoms with Gasteiger partial charge in [-0.15, -0.1) is 0 Å². The van der Waals surface area contributed by atoms with E-state index in [0.29, 0.717) is 17.5 Å². The highest BCUT2D eigenvalue weighted by molar-refractivity contribution is 5.75. The Bertz CT molecular complexity index is 234. The van der Waals surface area contributed by atoms with Crippen molar-refractivity contribution in [3.8, 4) is 0 Å². The molecular formula is C7H6NO2+. The predicted molar refractivity (Wildman–Crippen MR) is 35.8 cm³/mol. The van der Waals surface area contributed by atoms with E-state index in [9.17, 15) is 9.70 Å². The third-order valence-corrected chi connectivity index (χ3v) is 1.14. The first-order valence-corrected chi connectivity index (χ1v) is 2.80. The SMILES string of the molecule is O=Cc1cccc([NH+]=O)c1. The third-order valence-electron chi connectivity index (χ3n) is 1.14. The van der Waals surface area contributed by atoms with Crippen LogP contribution in [0.3, 0.4) is 0 Å². The number of nitroso groups, excluding NO2 is 1. The molecule has 1 aromatic carbocycles. The van der Waals surface area contributed by atoms with Gasteiger partial charge in [0.15, 0.2) is 0 Å². The van der Waals surface area contributed by atoms with Gasteiger partial charge in [-0.25, -0.2) is 0 Å². The fourth-order valence-corrected chi connectivity index (χ4v) is 0.675. The largest absolute Gasteiger partial charge is 0.298 e. The summed E-state index contributed by atoms with van der Waals surface area (Å²) in [6, 6.07) is 6.36. The first-order chi connectivity index (χ1) is 4.86. The molecule has 0 unspecified atom stereocenters. The zero-order valence-electron chi connectivity index (χ0n) is 5.20. The lowest BCUT2D eigenvalue weighted by Gasteiger charge is -1.83. The molecule has 0 aliphatic rings.